The average Bonchev–Trinajstić information content (AvgIpc) is 2.37. The quantitative estimate of drug-likeness (QED) is 0.789. The Morgan fingerprint density at radius 1 is 1.26 bits per heavy atom. The monoisotopic (exact) mass is 269 g/mol. The Bertz CT molecular complexity index is 544. The zero-order valence-electron chi connectivity index (χ0n) is 10.7. The number of allylic oxidation sites excluding steroid dienone is 1. The van der Waals surface area contributed by atoms with E-state index in [1.165, 1.54) is 12.1 Å². The van der Waals surface area contributed by atoms with Gasteiger partial charge in [-0.25, -0.2) is 4.99 Å². The van der Waals surface area contributed by atoms with E-state index < -0.39 is 11.7 Å². The summed E-state index contributed by atoms with van der Waals surface area (Å²) >= 11 is 0. The molecule has 0 atom stereocenters. The van der Waals surface area contributed by atoms with Crippen molar-refractivity contribution in [1.82, 2.24) is 0 Å². The second-order valence-electron chi connectivity index (χ2n) is 4.28. The molecule has 0 saturated heterocycles. The van der Waals surface area contributed by atoms with Gasteiger partial charge >= 0.3 is 6.18 Å². The van der Waals surface area contributed by atoms with E-state index in [-0.39, 0.29) is 11.5 Å². The number of hydrogen-bond donors (Lipinski definition) is 0. The van der Waals surface area contributed by atoms with E-state index in [2.05, 4.69) is 4.99 Å². The van der Waals surface area contributed by atoms with Gasteiger partial charge in [0.15, 0.2) is 0 Å². The first-order valence-corrected chi connectivity index (χ1v) is 6.01. The lowest BCUT2D eigenvalue weighted by Crippen LogP contribution is -2.19. The van der Waals surface area contributed by atoms with Crippen LogP contribution in [-0.2, 0) is 10.9 Å². The molecule has 5 heteroatoms. The van der Waals surface area contributed by atoms with Gasteiger partial charge in [-0.2, -0.15) is 13.2 Å². The molecular formula is C14H14F3NO. The van der Waals surface area contributed by atoms with Crippen LogP contribution in [-0.4, -0.2) is 12.4 Å². The number of nitrogens with zero attached hydrogens (tertiary/aromatic N) is 1. The minimum atomic E-state index is -4.41. The maximum Gasteiger partial charge on any atom is 0.417 e. The fraction of sp³-hybridized carbons (Fsp3) is 0.357. The predicted octanol–water partition coefficient (Wildman–Crippen LogP) is 4.17. The maximum absolute atomic E-state index is 12.9. The second-order valence-corrected chi connectivity index (χ2v) is 4.28. The van der Waals surface area contributed by atoms with Crippen LogP contribution in [0.2, 0.25) is 0 Å². The van der Waals surface area contributed by atoms with E-state index in [1.54, 1.807) is 13.0 Å². The van der Waals surface area contributed by atoms with Crippen LogP contribution >= 0.6 is 0 Å². The lowest BCUT2D eigenvalue weighted by Gasteiger charge is -2.20. The van der Waals surface area contributed by atoms with Crippen molar-refractivity contribution < 1.29 is 17.9 Å². The van der Waals surface area contributed by atoms with Crippen LogP contribution < -0.4 is 0 Å². The largest absolute Gasteiger partial charge is 0.443 e. The third kappa shape index (κ3) is 2.80. The lowest BCUT2D eigenvalue weighted by molar-refractivity contribution is -0.137. The summed E-state index contributed by atoms with van der Waals surface area (Å²) in [5, 5.41) is 0. The van der Waals surface area contributed by atoms with E-state index >= 15 is 0 Å². The number of alkyl halides is 3. The molecule has 0 radical (unpaired) electrons. The number of halogens is 3. The summed E-state index contributed by atoms with van der Waals surface area (Å²) in [6.45, 7) is 4.11. The van der Waals surface area contributed by atoms with E-state index in [1.807, 2.05) is 6.92 Å². The molecule has 0 aromatic heterocycles. The van der Waals surface area contributed by atoms with Crippen molar-refractivity contribution in [2.24, 2.45) is 4.99 Å². The van der Waals surface area contributed by atoms with E-state index in [0.29, 0.717) is 12.3 Å². The van der Waals surface area contributed by atoms with Gasteiger partial charge in [-0.05, 0) is 31.1 Å². The standard InChI is InChI=1S/C14H14F3NO/c1-3-10-8-18-13(19-9(10)2)11-6-4-5-7-12(11)14(15,16)17/h4-7H,3,8H2,1-2H3. The first-order chi connectivity index (χ1) is 8.93. The van der Waals surface area contributed by atoms with Crippen LogP contribution in [0.4, 0.5) is 13.2 Å². The Hall–Kier alpha value is -1.78. The number of aliphatic imine (C=N–C) groups is 1. The Kier molecular flexibility index (Phi) is 3.64. The SMILES string of the molecule is CCC1=C(C)OC(c2ccccc2C(F)(F)F)=NC1. The van der Waals surface area contributed by atoms with Gasteiger partial charge in [0.25, 0.3) is 0 Å². The van der Waals surface area contributed by atoms with Crippen molar-refractivity contribution in [2.45, 2.75) is 26.4 Å². The van der Waals surface area contributed by atoms with Crippen LogP contribution in [0.5, 0.6) is 0 Å². The van der Waals surface area contributed by atoms with Crippen molar-refractivity contribution in [3.8, 4) is 0 Å². The molecule has 19 heavy (non-hydrogen) atoms. The zero-order valence-corrected chi connectivity index (χ0v) is 10.7. The van der Waals surface area contributed by atoms with Gasteiger partial charge < -0.3 is 4.74 Å². The van der Waals surface area contributed by atoms with Gasteiger partial charge in [0, 0.05) is 5.56 Å². The highest BCUT2D eigenvalue weighted by Gasteiger charge is 2.35. The van der Waals surface area contributed by atoms with Crippen LogP contribution in [0.15, 0.2) is 40.6 Å². The molecule has 0 aliphatic carbocycles. The third-order valence-electron chi connectivity index (χ3n) is 3.05. The molecular weight excluding hydrogens is 255 g/mol. The second kappa shape index (κ2) is 5.07. The lowest BCUT2D eigenvalue weighted by atomic mass is 10.1. The topological polar surface area (TPSA) is 21.6 Å². The van der Waals surface area contributed by atoms with Gasteiger partial charge in [0.1, 0.15) is 5.76 Å². The van der Waals surface area contributed by atoms with Crippen LogP contribution in [0.1, 0.15) is 31.4 Å². The van der Waals surface area contributed by atoms with Gasteiger partial charge in [0.2, 0.25) is 5.90 Å². The Labute approximate surface area is 109 Å². The summed E-state index contributed by atoms with van der Waals surface area (Å²) in [6.07, 6.45) is -3.63. The van der Waals surface area contributed by atoms with Crippen LogP contribution in [0.3, 0.4) is 0 Å². The molecule has 2 rings (SSSR count). The van der Waals surface area contributed by atoms with Crippen molar-refractivity contribution >= 4 is 5.90 Å². The molecule has 2 nitrogen and oxygen atoms in total. The minimum absolute atomic E-state index is 0.00972. The number of hydrogen-bond acceptors (Lipinski definition) is 2. The normalized spacial score (nSPS) is 16.2. The minimum Gasteiger partial charge on any atom is -0.443 e. The molecule has 0 bridgehead atoms. The highest BCUT2D eigenvalue weighted by atomic mass is 19.4. The molecule has 0 amide bonds. The summed E-state index contributed by atoms with van der Waals surface area (Å²) in [5.74, 6) is 0.687. The summed E-state index contributed by atoms with van der Waals surface area (Å²) in [4.78, 5) is 4.11. The summed E-state index contributed by atoms with van der Waals surface area (Å²) in [6, 6.07) is 5.32. The fourth-order valence-corrected chi connectivity index (χ4v) is 1.95. The molecule has 1 aliphatic heterocycles. The molecule has 1 aromatic rings. The zero-order chi connectivity index (χ0) is 14.0. The molecule has 0 fully saturated rings. The Balaban J connectivity index is 2.38. The van der Waals surface area contributed by atoms with E-state index in [0.717, 1.165) is 18.1 Å². The van der Waals surface area contributed by atoms with Crippen molar-refractivity contribution in [3.63, 3.8) is 0 Å². The van der Waals surface area contributed by atoms with Gasteiger partial charge in [-0.3, -0.25) is 0 Å². The number of rotatable bonds is 2. The first-order valence-electron chi connectivity index (χ1n) is 6.01. The van der Waals surface area contributed by atoms with E-state index in [9.17, 15) is 13.2 Å². The van der Waals surface area contributed by atoms with Gasteiger partial charge in [-0.15, -0.1) is 0 Å². The molecule has 1 aliphatic rings. The van der Waals surface area contributed by atoms with Crippen LogP contribution in [0, 0.1) is 0 Å². The summed E-state index contributed by atoms with van der Waals surface area (Å²) in [5.41, 5.74) is 0.277. The molecule has 0 spiro atoms. The van der Waals surface area contributed by atoms with Crippen molar-refractivity contribution in [1.29, 1.82) is 0 Å². The fourth-order valence-electron chi connectivity index (χ4n) is 1.95. The highest BCUT2D eigenvalue weighted by Crippen LogP contribution is 2.33. The molecule has 102 valence electrons. The average molecular weight is 269 g/mol. The summed E-state index contributed by atoms with van der Waals surface area (Å²) < 4.78 is 44.2. The predicted molar refractivity (Wildman–Crippen MR) is 66.9 cm³/mol. The van der Waals surface area contributed by atoms with Crippen LogP contribution in [0.25, 0.3) is 0 Å². The van der Waals surface area contributed by atoms with Gasteiger partial charge in [0.05, 0.1) is 12.1 Å². The van der Waals surface area contributed by atoms with Crippen molar-refractivity contribution in [3.05, 3.63) is 46.7 Å². The molecule has 1 heterocycles. The Morgan fingerprint density at radius 2 is 1.95 bits per heavy atom. The highest BCUT2D eigenvalue weighted by molar-refractivity contribution is 5.97. The van der Waals surface area contributed by atoms with E-state index in [4.69, 9.17) is 4.74 Å². The molecule has 0 N–H and O–H groups in total. The number of ether oxygens (including phenoxy) is 1. The Morgan fingerprint density at radius 3 is 2.53 bits per heavy atom. The number of benzene rings is 1. The molecule has 0 saturated carbocycles. The first kappa shape index (κ1) is 13.6. The molecule has 0 unspecified atom stereocenters. The van der Waals surface area contributed by atoms with Crippen molar-refractivity contribution in [2.75, 3.05) is 6.54 Å². The maximum atomic E-state index is 12.9. The smallest absolute Gasteiger partial charge is 0.417 e. The third-order valence-corrected chi connectivity index (χ3v) is 3.05. The summed E-state index contributed by atoms with van der Waals surface area (Å²) in [7, 11) is 0. The molecule has 1 aromatic carbocycles. The van der Waals surface area contributed by atoms with Gasteiger partial charge in [-0.1, -0.05) is 19.1 Å².